The average Bonchev–Trinajstić information content (AvgIpc) is 3.24. The molecule has 3 heterocycles. The van der Waals surface area contributed by atoms with Crippen molar-refractivity contribution in [1.29, 1.82) is 0 Å². The van der Waals surface area contributed by atoms with Gasteiger partial charge in [0.25, 0.3) is 0 Å². The first-order chi connectivity index (χ1) is 31.3. The molecular weight excluding hydrogens is 904 g/mol. The zero-order chi connectivity index (χ0) is 48.7. The van der Waals surface area contributed by atoms with Gasteiger partial charge in [-0.2, -0.15) is 9.29 Å². The summed E-state index contributed by atoms with van der Waals surface area (Å²) in [6, 6.07) is 1.28. The van der Waals surface area contributed by atoms with Crippen molar-refractivity contribution >= 4 is 39.2 Å². The molecule has 0 aromatic carbocycles. The number of ketones is 1. The van der Waals surface area contributed by atoms with Gasteiger partial charge in [0.2, 0.25) is 0 Å². The third kappa shape index (κ3) is 21.7. The Kier molecular flexibility index (Phi) is 25.4. The monoisotopic (exact) mass is 975 g/mol. The van der Waals surface area contributed by atoms with Crippen LogP contribution in [-0.4, -0.2) is 103 Å². The van der Waals surface area contributed by atoms with Gasteiger partial charge in [-0.15, -0.1) is 0 Å². The van der Waals surface area contributed by atoms with Gasteiger partial charge in [-0.1, -0.05) is 109 Å². The highest BCUT2D eigenvalue weighted by molar-refractivity contribution is 7.61. The highest BCUT2D eigenvalue weighted by Gasteiger charge is 2.42. The fourth-order valence-electron chi connectivity index (χ4n) is 7.17. The lowest BCUT2D eigenvalue weighted by atomic mass is 9.88. The SMILES string of the molecule is CCCCC[C@H](O)C=C[C@H]1C(=O)/C=C\[C@@H]2C/C=C\CCCC(=O)OC[C@@H](OC(=O)CCCCCCCCC(C)C)COP(=O)(O)OP(=O)(O)OC[C@@H](O[C@H]2n2ccc(N)nc2=O)[C@@H](O)[C@H]1O. The molecule has 22 heteroatoms. The number of carbonyl (C=O) groups is 3. The van der Waals surface area contributed by atoms with Gasteiger partial charge in [-0.25, -0.2) is 13.9 Å². The molecule has 2 unspecified atom stereocenters. The molecular formula is C44H71N3O17P2. The summed E-state index contributed by atoms with van der Waals surface area (Å²) in [5, 5.41) is 33.8. The van der Waals surface area contributed by atoms with Crippen LogP contribution in [0.5, 0.6) is 0 Å². The van der Waals surface area contributed by atoms with E-state index in [1.807, 2.05) is 6.92 Å². The lowest BCUT2D eigenvalue weighted by Gasteiger charge is -2.36. The predicted molar refractivity (Wildman–Crippen MR) is 242 cm³/mol. The predicted octanol–water partition coefficient (Wildman–Crippen LogP) is 5.91. The largest absolute Gasteiger partial charge is 0.481 e. The van der Waals surface area contributed by atoms with Crippen LogP contribution in [-0.2, 0) is 51.1 Å². The molecule has 0 fully saturated rings. The fraction of sp³-hybridized carbons (Fsp3) is 0.705. The molecule has 10 atom stereocenters. The third-order valence-corrected chi connectivity index (χ3v) is 13.5. The molecule has 20 nitrogen and oxygen atoms in total. The van der Waals surface area contributed by atoms with Crippen molar-refractivity contribution in [2.45, 2.75) is 160 Å². The summed E-state index contributed by atoms with van der Waals surface area (Å²) in [7, 11) is -11.2. The minimum Gasteiger partial charge on any atom is -0.462 e. The Labute approximate surface area is 386 Å². The number of nitrogen functional groups attached to an aromatic ring is 1. The van der Waals surface area contributed by atoms with E-state index in [1.165, 1.54) is 30.5 Å². The number of allylic oxidation sites excluding steroid dienone is 3. The van der Waals surface area contributed by atoms with Crippen LogP contribution in [0, 0.1) is 17.8 Å². The number of unbranched alkanes of at least 4 members (excludes halogenated alkanes) is 7. The lowest BCUT2D eigenvalue weighted by Crippen LogP contribution is -2.49. The Morgan fingerprint density at radius 2 is 1.64 bits per heavy atom. The van der Waals surface area contributed by atoms with Crippen molar-refractivity contribution in [3.63, 3.8) is 0 Å². The second-order valence-electron chi connectivity index (χ2n) is 17.0. The molecule has 0 saturated heterocycles. The van der Waals surface area contributed by atoms with Crippen LogP contribution in [0.1, 0.15) is 130 Å². The number of nitrogens with zero attached hydrogens (tertiary/aromatic N) is 2. The number of aliphatic hydroxyl groups is 3. The van der Waals surface area contributed by atoms with E-state index < -0.39 is 107 Å². The minimum atomic E-state index is -5.67. The first-order valence-electron chi connectivity index (χ1n) is 22.9. The number of aliphatic hydroxyl groups excluding tert-OH is 3. The standard InChI is InChI=1S/C44H71N3O17P2/c1-4-5-12-19-33(48)23-24-35-36(49)25-22-32-18-14-10-11-15-20-39(50)59-28-34(62-40(51)21-16-9-7-6-8-13-17-31(2)3)29-60-65(55,56)64-66(57,58)61-30-37(42(53)41(35)52)63-43(32)47-27-26-38(45)46-44(47)54/h10,14,22-27,31-35,37,41-43,48,52-53H,4-9,11-13,15-21,28-30H2,1-3H3,(H,55,56)(H,57,58)(H2,45,46,54)/b14-10-,24-23?,25-22-/t32-,33-,34+,35-,37+,41-,42+,43+/m0/s1. The van der Waals surface area contributed by atoms with E-state index in [0.29, 0.717) is 38.0 Å². The fourth-order valence-corrected chi connectivity index (χ4v) is 9.28. The van der Waals surface area contributed by atoms with Crippen LogP contribution in [0.2, 0.25) is 0 Å². The van der Waals surface area contributed by atoms with Crippen LogP contribution in [0.3, 0.4) is 0 Å². The number of carbonyl (C=O) groups excluding carboxylic acids is 3. The van der Waals surface area contributed by atoms with Gasteiger partial charge in [0.1, 0.15) is 30.9 Å². The maximum atomic E-state index is 13.8. The Balaban J connectivity index is 1.93. The molecule has 1 aromatic heterocycles. The number of hydrogen-bond acceptors (Lipinski definition) is 17. The highest BCUT2D eigenvalue weighted by atomic mass is 31.3. The molecule has 0 spiro atoms. The number of nitrogens with two attached hydrogens (primary N) is 1. The van der Waals surface area contributed by atoms with Crippen LogP contribution in [0.25, 0.3) is 0 Å². The summed E-state index contributed by atoms with van der Waals surface area (Å²) in [6.07, 6.45) is 9.81. The smallest absolute Gasteiger partial charge is 0.462 e. The van der Waals surface area contributed by atoms with Gasteiger partial charge in [-0.05, 0) is 50.2 Å². The zero-order valence-corrected chi connectivity index (χ0v) is 40.0. The Bertz CT molecular complexity index is 1910. The summed E-state index contributed by atoms with van der Waals surface area (Å²) in [5.74, 6) is -4.05. The van der Waals surface area contributed by atoms with Gasteiger partial charge in [0, 0.05) is 25.0 Å². The summed E-state index contributed by atoms with van der Waals surface area (Å²) in [6.45, 7) is 3.68. The van der Waals surface area contributed by atoms with Crippen molar-refractivity contribution in [3.05, 3.63) is 59.2 Å². The van der Waals surface area contributed by atoms with E-state index >= 15 is 0 Å². The molecule has 7 N–H and O–H groups in total. The molecule has 2 aliphatic rings. The Morgan fingerprint density at radius 3 is 2.33 bits per heavy atom. The number of hydrogen-bond donors (Lipinski definition) is 6. The van der Waals surface area contributed by atoms with E-state index in [9.17, 15) is 53.4 Å². The Morgan fingerprint density at radius 1 is 0.955 bits per heavy atom. The number of cyclic esters (lactones) is 1. The van der Waals surface area contributed by atoms with Gasteiger partial charge < -0.3 is 45.1 Å². The van der Waals surface area contributed by atoms with Gasteiger partial charge in [-0.3, -0.25) is 28.0 Å². The molecule has 0 saturated carbocycles. The maximum absolute atomic E-state index is 13.8. The average molecular weight is 976 g/mol. The van der Waals surface area contributed by atoms with E-state index in [0.717, 1.165) is 62.0 Å². The van der Waals surface area contributed by atoms with Gasteiger partial charge in [0.15, 0.2) is 11.9 Å². The van der Waals surface area contributed by atoms with Crippen molar-refractivity contribution in [1.82, 2.24) is 9.55 Å². The van der Waals surface area contributed by atoms with E-state index in [2.05, 4.69) is 23.1 Å². The number of aromatic nitrogens is 2. The molecule has 2 bridgehead atoms. The summed E-state index contributed by atoms with van der Waals surface area (Å²) < 4.78 is 58.8. The molecule has 0 amide bonds. The van der Waals surface area contributed by atoms with E-state index in [4.69, 9.17) is 29.0 Å². The van der Waals surface area contributed by atoms with Crippen LogP contribution in [0.4, 0.5) is 5.82 Å². The van der Waals surface area contributed by atoms with Crippen molar-refractivity contribution in [2.24, 2.45) is 17.8 Å². The first-order valence-corrected chi connectivity index (χ1v) is 25.9. The van der Waals surface area contributed by atoms with Crippen LogP contribution < -0.4 is 11.4 Å². The number of ether oxygens (including phenoxy) is 3. The van der Waals surface area contributed by atoms with Crippen molar-refractivity contribution in [2.75, 3.05) is 25.6 Å². The summed E-state index contributed by atoms with van der Waals surface area (Å²) >= 11 is 0. The molecule has 66 heavy (non-hydrogen) atoms. The van der Waals surface area contributed by atoms with E-state index in [1.54, 1.807) is 12.2 Å². The van der Waals surface area contributed by atoms with E-state index in [-0.39, 0.29) is 25.1 Å². The van der Waals surface area contributed by atoms with Crippen LogP contribution in [0.15, 0.2) is 53.5 Å². The second kappa shape index (κ2) is 29.5. The highest BCUT2D eigenvalue weighted by Crippen LogP contribution is 2.60. The molecule has 0 radical (unpaired) electrons. The normalized spacial score (nSPS) is 30.6. The minimum absolute atomic E-state index is 0.00665. The number of phosphoric ester groups is 2. The number of phosphoric acid groups is 2. The first kappa shape index (κ1) is 56.9. The zero-order valence-electron chi connectivity index (χ0n) is 38.3. The number of fused-ring (bicyclic) bond motifs is 3. The third-order valence-electron chi connectivity index (χ3n) is 10.9. The van der Waals surface area contributed by atoms with Crippen LogP contribution >= 0.6 is 15.6 Å². The summed E-state index contributed by atoms with van der Waals surface area (Å²) in [5.41, 5.74) is 4.82. The molecule has 3 rings (SSSR count). The summed E-state index contributed by atoms with van der Waals surface area (Å²) in [4.78, 5) is 77.6. The quantitative estimate of drug-likeness (QED) is 0.0457. The van der Waals surface area contributed by atoms with Crippen molar-refractivity contribution in [3.8, 4) is 0 Å². The molecule has 374 valence electrons. The maximum Gasteiger partial charge on any atom is 0.481 e. The molecule has 1 aromatic rings. The lowest BCUT2D eigenvalue weighted by molar-refractivity contribution is -0.167. The van der Waals surface area contributed by atoms with Gasteiger partial charge in [0.05, 0.1) is 31.3 Å². The molecule has 2 aliphatic heterocycles. The number of rotatable bonds is 17. The number of esters is 2. The topological polar surface area (TPSA) is 303 Å². The number of anilines is 1. The molecule has 0 aliphatic carbocycles. The van der Waals surface area contributed by atoms with Gasteiger partial charge >= 0.3 is 33.3 Å². The second-order valence-corrected chi connectivity index (χ2v) is 20.1. The van der Waals surface area contributed by atoms with Crippen molar-refractivity contribution < 1.29 is 76.2 Å². The Hall–Kier alpha value is -3.39.